The molecule has 0 amide bonds. The predicted molar refractivity (Wildman–Crippen MR) is 103 cm³/mol. The minimum atomic E-state index is -4.72. The number of sulfonamides is 1. The topological polar surface area (TPSA) is 65.5 Å². The summed E-state index contributed by atoms with van der Waals surface area (Å²) in [5, 5.41) is -0.478. The molecule has 2 fully saturated rings. The van der Waals surface area contributed by atoms with Gasteiger partial charge in [-0.25, -0.2) is 22.2 Å². The van der Waals surface area contributed by atoms with Crippen LogP contribution in [0.5, 0.6) is 0 Å². The maximum atomic E-state index is 14.9. The molecule has 1 aliphatic heterocycles. The number of nitrogens with one attached hydrogen (secondary N) is 1. The molecule has 29 heavy (non-hydrogen) atoms. The van der Waals surface area contributed by atoms with Crippen molar-refractivity contribution in [2.75, 3.05) is 36.8 Å². The van der Waals surface area contributed by atoms with Gasteiger partial charge >= 0.3 is 0 Å². The number of aromatic nitrogens is 1. The number of nitrogens with zero attached hydrogens (tertiary/aromatic N) is 3. The van der Waals surface area contributed by atoms with Gasteiger partial charge in [-0.15, -0.1) is 0 Å². The van der Waals surface area contributed by atoms with Crippen LogP contribution < -0.4 is 9.62 Å². The highest BCUT2D eigenvalue weighted by atomic mass is 35.5. The Labute approximate surface area is 171 Å². The van der Waals surface area contributed by atoms with Crippen LogP contribution in [0.2, 0.25) is 5.02 Å². The first-order chi connectivity index (χ1) is 13.5. The Morgan fingerprint density at radius 1 is 1.31 bits per heavy atom. The Bertz CT molecular complexity index is 1100. The largest absolute Gasteiger partial charge is 0.368 e. The summed E-state index contributed by atoms with van der Waals surface area (Å²) in [6.07, 6.45) is 0.996. The highest BCUT2D eigenvalue weighted by Crippen LogP contribution is 2.54. The van der Waals surface area contributed by atoms with Crippen molar-refractivity contribution in [3.63, 3.8) is 0 Å². The van der Waals surface area contributed by atoms with Gasteiger partial charge in [-0.2, -0.15) is 4.39 Å². The van der Waals surface area contributed by atoms with Crippen LogP contribution in [-0.2, 0) is 10.0 Å². The van der Waals surface area contributed by atoms with Crippen molar-refractivity contribution in [1.29, 1.82) is 0 Å². The molecule has 0 spiro atoms. The van der Waals surface area contributed by atoms with Crippen molar-refractivity contribution in [1.82, 2.24) is 9.88 Å². The number of hydrogen-bond acceptors (Lipinski definition) is 5. The molecule has 1 aliphatic carbocycles. The molecule has 2 aliphatic rings. The minimum Gasteiger partial charge on any atom is -0.368 e. The minimum absolute atomic E-state index is 0.0500. The van der Waals surface area contributed by atoms with E-state index in [2.05, 4.69) is 9.88 Å². The molecule has 1 saturated heterocycles. The third-order valence-electron chi connectivity index (χ3n) is 5.66. The van der Waals surface area contributed by atoms with Crippen LogP contribution in [0.15, 0.2) is 29.2 Å². The van der Waals surface area contributed by atoms with Crippen LogP contribution in [0.25, 0.3) is 0 Å². The van der Waals surface area contributed by atoms with Gasteiger partial charge in [-0.1, -0.05) is 17.7 Å². The van der Waals surface area contributed by atoms with Gasteiger partial charge in [0.25, 0.3) is 10.0 Å². The van der Waals surface area contributed by atoms with Gasteiger partial charge in [-0.3, -0.25) is 4.72 Å². The van der Waals surface area contributed by atoms with Gasteiger partial charge in [0.15, 0.2) is 10.7 Å². The molecule has 2 heterocycles. The van der Waals surface area contributed by atoms with E-state index in [0.29, 0.717) is 19.0 Å². The second kappa shape index (κ2) is 6.75. The number of halogens is 4. The fraction of sp³-hybridized carbons (Fsp3) is 0.389. The van der Waals surface area contributed by atoms with E-state index < -0.39 is 43.3 Å². The van der Waals surface area contributed by atoms with Crippen molar-refractivity contribution in [2.45, 2.75) is 16.9 Å². The van der Waals surface area contributed by atoms with E-state index in [1.165, 1.54) is 6.07 Å². The normalized spacial score (nSPS) is 23.4. The second-order valence-electron chi connectivity index (χ2n) is 7.57. The molecule has 0 bridgehead atoms. The maximum absolute atomic E-state index is 14.9. The van der Waals surface area contributed by atoms with E-state index in [0.717, 1.165) is 24.6 Å². The quantitative estimate of drug-likeness (QED) is 0.565. The van der Waals surface area contributed by atoms with Gasteiger partial charge in [0.2, 0.25) is 5.95 Å². The summed E-state index contributed by atoms with van der Waals surface area (Å²) in [6, 6.07) is 4.30. The molecule has 4 rings (SSSR count). The lowest BCUT2D eigenvalue weighted by molar-refractivity contribution is 0.278. The first kappa shape index (κ1) is 20.2. The summed E-state index contributed by atoms with van der Waals surface area (Å²) in [5.41, 5.74) is 0.0592. The van der Waals surface area contributed by atoms with E-state index in [4.69, 9.17) is 11.6 Å². The zero-order chi connectivity index (χ0) is 21.1. The van der Waals surface area contributed by atoms with E-state index in [-0.39, 0.29) is 11.2 Å². The molecule has 2 aromatic rings. The van der Waals surface area contributed by atoms with Gasteiger partial charge in [0.1, 0.15) is 16.7 Å². The van der Waals surface area contributed by atoms with Crippen LogP contribution in [-0.4, -0.2) is 51.0 Å². The third kappa shape index (κ3) is 3.32. The number of benzene rings is 1. The zero-order valence-corrected chi connectivity index (χ0v) is 17.2. The summed E-state index contributed by atoms with van der Waals surface area (Å²) in [5.74, 6) is -3.67. The Kier molecular flexibility index (Phi) is 4.71. The summed E-state index contributed by atoms with van der Waals surface area (Å²) in [4.78, 5) is 5.96. The number of anilines is 2. The lowest BCUT2D eigenvalue weighted by atomic mass is 10.2. The Balaban J connectivity index is 1.67. The van der Waals surface area contributed by atoms with Crippen LogP contribution in [0, 0.1) is 23.5 Å². The molecule has 2 atom stereocenters. The number of rotatable bonds is 5. The summed E-state index contributed by atoms with van der Waals surface area (Å²) >= 11 is 6.11. The second-order valence-corrected chi connectivity index (χ2v) is 9.56. The molecule has 156 valence electrons. The lowest BCUT2D eigenvalue weighted by Gasteiger charge is -2.28. The van der Waals surface area contributed by atoms with Gasteiger partial charge in [0, 0.05) is 24.7 Å². The highest BCUT2D eigenvalue weighted by Gasteiger charge is 2.61. The van der Waals surface area contributed by atoms with Crippen molar-refractivity contribution < 1.29 is 21.6 Å². The first-order valence-electron chi connectivity index (χ1n) is 8.80. The highest BCUT2D eigenvalue weighted by molar-refractivity contribution is 7.92. The third-order valence-corrected chi connectivity index (χ3v) is 7.41. The van der Waals surface area contributed by atoms with Gasteiger partial charge in [0.05, 0.1) is 5.69 Å². The molecule has 11 heteroatoms. The van der Waals surface area contributed by atoms with E-state index in [1.54, 1.807) is 4.90 Å². The van der Waals surface area contributed by atoms with E-state index in [1.807, 2.05) is 18.8 Å². The van der Waals surface area contributed by atoms with Crippen LogP contribution in [0.3, 0.4) is 0 Å². The number of piperidine rings is 1. The Hall–Kier alpha value is -2.04. The van der Waals surface area contributed by atoms with Crippen molar-refractivity contribution in [2.24, 2.45) is 5.92 Å². The predicted octanol–water partition coefficient (Wildman–Crippen LogP) is 3.09. The number of hydrogen-bond donors (Lipinski definition) is 1. The van der Waals surface area contributed by atoms with Crippen molar-refractivity contribution in [3.05, 3.63) is 46.9 Å². The summed E-state index contributed by atoms with van der Waals surface area (Å²) < 4.78 is 69.7. The van der Waals surface area contributed by atoms with Crippen LogP contribution in [0.1, 0.15) is 6.42 Å². The molecule has 6 nitrogen and oxygen atoms in total. The first-order valence-corrected chi connectivity index (χ1v) is 10.7. The fourth-order valence-corrected chi connectivity index (χ4v) is 5.50. The molecule has 1 N–H and O–H groups in total. The molecule has 1 aromatic carbocycles. The van der Waals surface area contributed by atoms with Gasteiger partial charge < -0.3 is 9.80 Å². The molecule has 1 saturated carbocycles. The van der Waals surface area contributed by atoms with Crippen LogP contribution >= 0.6 is 11.6 Å². The average molecular weight is 447 g/mol. The molecule has 0 radical (unpaired) electrons. The number of fused-ring (bicyclic) bond motifs is 1. The fourth-order valence-electron chi connectivity index (χ4n) is 4.03. The summed E-state index contributed by atoms with van der Waals surface area (Å²) in [7, 11) is -0.817. The maximum Gasteiger partial charge on any atom is 0.268 e. The summed E-state index contributed by atoms with van der Waals surface area (Å²) in [6.45, 7) is 1.12. The van der Waals surface area contributed by atoms with E-state index in [9.17, 15) is 21.6 Å². The van der Waals surface area contributed by atoms with Crippen LogP contribution in [0.4, 0.5) is 24.7 Å². The zero-order valence-electron chi connectivity index (χ0n) is 15.6. The number of pyridine rings is 1. The molecule has 2 unspecified atom stereocenters. The molecular weight excluding hydrogens is 429 g/mol. The Morgan fingerprint density at radius 3 is 2.66 bits per heavy atom. The number of likely N-dealkylation sites (N-methyl/N-ethyl adjacent to an activating group) is 1. The Morgan fingerprint density at radius 2 is 2.03 bits per heavy atom. The van der Waals surface area contributed by atoms with Gasteiger partial charge in [-0.05, 0) is 38.6 Å². The molecular formula is C18H18ClF3N4O2S. The SMILES string of the molecule is CN(C)C12CC1CN(c1cc(F)c(S(=O)(=O)Nc3cccc(F)n3)c(F)c1Cl)C2. The van der Waals surface area contributed by atoms with Crippen molar-refractivity contribution in [3.8, 4) is 0 Å². The van der Waals surface area contributed by atoms with Crippen molar-refractivity contribution >= 4 is 33.1 Å². The lowest BCUT2D eigenvalue weighted by Crippen LogP contribution is -2.37. The van der Waals surface area contributed by atoms with E-state index >= 15 is 0 Å². The monoisotopic (exact) mass is 446 g/mol. The average Bonchev–Trinajstić information content (AvgIpc) is 3.19. The molecule has 1 aromatic heterocycles. The standard InChI is InChI=1S/C18H18ClF3N4O2S/c1-25(2)18-7-10(18)8-26(9-18)12-6-11(20)17(16(22)15(12)19)29(27,28)24-14-5-3-4-13(21)23-14/h3-6,10H,7-9H2,1-2H3,(H,23,24). The smallest absolute Gasteiger partial charge is 0.268 e.